The van der Waals surface area contributed by atoms with Crippen LogP contribution in [0.2, 0.25) is 0 Å². The van der Waals surface area contributed by atoms with Gasteiger partial charge in [-0.1, -0.05) is 43.7 Å². The summed E-state index contributed by atoms with van der Waals surface area (Å²) in [4.78, 5) is 28.5. The van der Waals surface area contributed by atoms with Gasteiger partial charge in [0.05, 0.1) is 7.11 Å². The van der Waals surface area contributed by atoms with Gasteiger partial charge in [-0.3, -0.25) is 9.59 Å². The van der Waals surface area contributed by atoms with E-state index in [1.807, 2.05) is 54.6 Å². The van der Waals surface area contributed by atoms with E-state index >= 15 is 0 Å². The highest BCUT2D eigenvalue weighted by Crippen LogP contribution is 2.20. The van der Waals surface area contributed by atoms with Crippen LogP contribution in [0.4, 0.5) is 0 Å². The van der Waals surface area contributed by atoms with Gasteiger partial charge in [-0.25, -0.2) is 0 Å². The Bertz CT molecular complexity index is 781. The summed E-state index contributed by atoms with van der Waals surface area (Å²) in [5.41, 5.74) is 0.966. The Morgan fingerprint density at radius 2 is 1.80 bits per heavy atom. The van der Waals surface area contributed by atoms with Gasteiger partial charge in [-0.05, 0) is 43.2 Å². The number of amides is 2. The van der Waals surface area contributed by atoms with Crippen molar-refractivity contribution in [3.8, 4) is 5.75 Å². The van der Waals surface area contributed by atoms with Crippen molar-refractivity contribution >= 4 is 23.6 Å². The lowest BCUT2D eigenvalue weighted by molar-refractivity contribution is -0.140. The summed E-state index contributed by atoms with van der Waals surface area (Å²) in [7, 11) is 1.62. The number of carbonyl (C=O) groups is 2. The predicted molar refractivity (Wildman–Crippen MR) is 123 cm³/mol. The summed E-state index contributed by atoms with van der Waals surface area (Å²) in [6.07, 6.45) is 2.32. The first-order valence-corrected chi connectivity index (χ1v) is 11.4. The summed E-state index contributed by atoms with van der Waals surface area (Å²) < 4.78 is 5.21. The molecule has 0 saturated carbocycles. The molecule has 1 N–H and O–H groups in total. The monoisotopic (exact) mass is 428 g/mol. The van der Waals surface area contributed by atoms with Gasteiger partial charge in [0.1, 0.15) is 11.8 Å². The first kappa shape index (κ1) is 23.8. The van der Waals surface area contributed by atoms with Crippen LogP contribution >= 0.6 is 11.8 Å². The van der Waals surface area contributed by atoms with Gasteiger partial charge in [0.25, 0.3) is 0 Å². The van der Waals surface area contributed by atoms with Crippen molar-refractivity contribution < 1.29 is 14.3 Å². The van der Waals surface area contributed by atoms with E-state index in [0.29, 0.717) is 25.3 Å². The minimum absolute atomic E-state index is 0.0209. The third kappa shape index (κ3) is 7.75. The van der Waals surface area contributed by atoms with E-state index in [2.05, 4.69) is 12.2 Å². The Morgan fingerprint density at radius 1 is 1.10 bits per heavy atom. The highest BCUT2D eigenvalue weighted by atomic mass is 32.2. The van der Waals surface area contributed by atoms with Crippen LogP contribution in [-0.2, 0) is 16.1 Å². The summed E-state index contributed by atoms with van der Waals surface area (Å²) >= 11 is 1.65. The number of nitrogens with one attached hydrogen (secondary N) is 1. The number of thioether (sulfide) groups is 1. The molecule has 0 aromatic heterocycles. The Morgan fingerprint density at radius 3 is 2.43 bits per heavy atom. The molecule has 2 rings (SSSR count). The minimum atomic E-state index is -0.529. The van der Waals surface area contributed by atoms with Crippen molar-refractivity contribution in [2.45, 2.75) is 50.6 Å². The van der Waals surface area contributed by atoms with Gasteiger partial charge in [0.15, 0.2) is 0 Å². The van der Waals surface area contributed by atoms with Crippen molar-refractivity contribution in [3.05, 3.63) is 60.2 Å². The van der Waals surface area contributed by atoms with Crippen LogP contribution in [-0.4, -0.2) is 42.2 Å². The summed E-state index contributed by atoms with van der Waals surface area (Å²) in [6, 6.07) is 17.1. The van der Waals surface area contributed by atoms with Crippen molar-refractivity contribution in [1.29, 1.82) is 0 Å². The zero-order chi connectivity index (χ0) is 21.8. The van der Waals surface area contributed by atoms with Crippen LogP contribution in [0.1, 0.15) is 38.7 Å². The Kier molecular flexibility index (Phi) is 10.3. The lowest BCUT2D eigenvalue weighted by Gasteiger charge is -2.29. The van der Waals surface area contributed by atoms with E-state index in [1.165, 1.54) is 0 Å². The van der Waals surface area contributed by atoms with Crippen molar-refractivity contribution in [2.24, 2.45) is 0 Å². The normalized spacial score (nSPS) is 11.6. The Labute approximate surface area is 184 Å². The third-order valence-electron chi connectivity index (χ3n) is 4.84. The molecule has 2 amide bonds. The van der Waals surface area contributed by atoms with Crippen LogP contribution in [0.25, 0.3) is 0 Å². The van der Waals surface area contributed by atoms with Crippen LogP contribution < -0.4 is 10.1 Å². The van der Waals surface area contributed by atoms with Gasteiger partial charge < -0.3 is 15.0 Å². The number of unbranched alkanes of at least 4 members (excludes halogenated alkanes) is 1. The number of methoxy groups -OCH3 is 1. The van der Waals surface area contributed by atoms with Gasteiger partial charge in [-0.15, -0.1) is 11.8 Å². The largest absolute Gasteiger partial charge is 0.497 e. The average Bonchev–Trinajstić information content (AvgIpc) is 2.78. The molecule has 0 aliphatic heterocycles. The van der Waals surface area contributed by atoms with Crippen molar-refractivity contribution in [1.82, 2.24) is 10.2 Å². The van der Waals surface area contributed by atoms with Crippen LogP contribution in [0.5, 0.6) is 5.75 Å². The molecular weight excluding hydrogens is 396 g/mol. The van der Waals surface area contributed by atoms with E-state index in [1.54, 1.807) is 30.7 Å². The fourth-order valence-corrected chi connectivity index (χ4v) is 3.82. The molecule has 0 heterocycles. The molecule has 0 fully saturated rings. The topological polar surface area (TPSA) is 58.6 Å². The second-order valence-electron chi connectivity index (χ2n) is 7.10. The summed E-state index contributed by atoms with van der Waals surface area (Å²) in [5.74, 6) is 1.31. The van der Waals surface area contributed by atoms with Gasteiger partial charge >= 0.3 is 0 Å². The molecule has 2 aromatic rings. The minimum Gasteiger partial charge on any atom is -0.497 e. The maximum atomic E-state index is 13.0. The molecule has 0 bridgehead atoms. The number of hydrogen-bond acceptors (Lipinski definition) is 4. The Balaban J connectivity index is 2.03. The highest BCUT2D eigenvalue weighted by Gasteiger charge is 2.25. The Hall–Kier alpha value is -2.47. The first-order valence-electron chi connectivity index (χ1n) is 10.4. The van der Waals surface area contributed by atoms with Gasteiger partial charge in [-0.2, -0.15) is 0 Å². The third-order valence-corrected chi connectivity index (χ3v) is 5.85. The second-order valence-corrected chi connectivity index (χ2v) is 8.27. The maximum absolute atomic E-state index is 13.0. The maximum Gasteiger partial charge on any atom is 0.242 e. The molecule has 2 aromatic carbocycles. The fraction of sp³-hybridized carbons (Fsp3) is 0.417. The SMILES string of the molecule is CCCCNC(=O)C(C)N(Cc1ccc(OC)cc1)C(=O)CCSc1ccccc1. The molecule has 0 radical (unpaired) electrons. The molecule has 0 aliphatic rings. The molecule has 0 aliphatic carbocycles. The van der Waals surface area contributed by atoms with Crippen LogP contribution in [0.3, 0.4) is 0 Å². The summed E-state index contributed by atoms with van der Waals surface area (Å²) in [6.45, 7) is 4.90. The van der Waals surface area contributed by atoms with E-state index in [0.717, 1.165) is 29.1 Å². The number of benzene rings is 2. The molecular formula is C24H32N2O3S. The van der Waals surface area contributed by atoms with E-state index < -0.39 is 6.04 Å². The molecule has 162 valence electrons. The van der Waals surface area contributed by atoms with Crippen molar-refractivity contribution in [2.75, 3.05) is 19.4 Å². The van der Waals surface area contributed by atoms with Gasteiger partial charge in [0, 0.05) is 30.2 Å². The zero-order valence-corrected chi connectivity index (χ0v) is 18.9. The molecule has 6 heteroatoms. The number of nitrogens with zero attached hydrogens (tertiary/aromatic N) is 1. The van der Waals surface area contributed by atoms with Crippen LogP contribution in [0.15, 0.2) is 59.5 Å². The van der Waals surface area contributed by atoms with Crippen molar-refractivity contribution in [3.63, 3.8) is 0 Å². The number of hydrogen-bond donors (Lipinski definition) is 1. The molecule has 5 nitrogen and oxygen atoms in total. The quantitative estimate of drug-likeness (QED) is 0.399. The van der Waals surface area contributed by atoms with E-state index in [4.69, 9.17) is 4.74 Å². The number of carbonyl (C=O) groups excluding carboxylic acids is 2. The average molecular weight is 429 g/mol. The standard InChI is InChI=1S/C24H32N2O3S/c1-4-5-16-25-24(28)19(2)26(18-20-11-13-21(29-3)14-12-20)23(27)15-17-30-22-9-7-6-8-10-22/h6-14,19H,4-5,15-18H2,1-3H3,(H,25,28). The zero-order valence-electron chi connectivity index (χ0n) is 18.1. The van der Waals surface area contributed by atoms with Crippen LogP contribution in [0, 0.1) is 0 Å². The number of ether oxygens (including phenoxy) is 1. The van der Waals surface area contributed by atoms with E-state index in [9.17, 15) is 9.59 Å². The molecule has 0 spiro atoms. The molecule has 0 saturated heterocycles. The highest BCUT2D eigenvalue weighted by molar-refractivity contribution is 7.99. The van der Waals surface area contributed by atoms with E-state index in [-0.39, 0.29) is 11.8 Å². The molecule has 30 heavy (non-hydrogen) atoms. The van der Waals surface area contributed by atoms with Gasteiger partial charge in [0.2, 0.25) is 11.8 Å². The summed E-state index contributed by atoms with van der Waals surface area (Å²) in [5, 5.41) is 2.95. The fourth-order valence-electron chi connectivity index (χ4n) is 2.96. The molecule has 1 atom stereocenters. The predicted octanol–water partition coefficient (Wildman–Crippen LogP) is 4.51. The lowest BCUT2D eigenvalue weighted by Crippen LogP contribution is -2.47. The molecule has 1 unspecified atom stereocenters. The smallest absolute Gasteiger partial charge is 0.242 e. The number of rotatable bonds is 12. The first-order chi connectivity index (χ1) is 14.5. The second kappa shape index (κ2) is 13.0. The lowest BCUT2D eigenvalue weighted by atomic mass is 10.1.